The van der Waals surface area contributed by atoms with E-state index in [0.717, 1.165) is 11.1 Å². The van der Waals surface area contributed by atoms with E-state index in [9.17, 15) is 14.9 Å². The van der Waals surface area contributed by atoms with Crippen LogP contribution in [0.25, 0.3) is 16.8 Å². The minimum atomic E-state index is -0.434. The first-order valence-corrected chi connectivity index (χ1v) is 7.97. The molecule has 128 valence electrons. The number of para-hydroxylation sites is 1. The van der Waals surface area contributed by atoms with Crippen molar-refractivity contribution in [2.24, 2.45) is 0 Å². The van der Waals surface area contributed by atoms with Crippen LogP contribution in [0.3, 0.4) is 0 Å². The Labute approximate surface area is 144 Å². The van der Waals surface area contributed by atoms with Gasteiger partial charge in [0.05, 0.1) is 33.9 Å². The van der Waals surface area contributed by atoms with Gasteiger partial charge in [0.15, 0.2) is 0 Å². The zero-order chi connectivity index (χ0) is 18.1. The van der Waals surface area contributed by atoms with E-state index < -0.39 is 10.9 Å². The standard InChI is InChI=1S/C19H18N2O4/c1-4-25-19(22)15-10-17(14-7-5-6-8-16(14)21(23)24)20-11-12(2)9-13(3)18(15)20/h5-11H,4H2,1-3H3. The van der Waals surface area contributed by atoms with Crippen LogP contribution in [0, 0.1) is 24.0 Å². The summed E-state index contributed by atoms with van der Waals surface area (Å²) in [5.74, 6) is -0.434. The summed E-state index contributed by atoms with van der Waals surface area (Å²) in [6.07, 6.45) is 1.87. The third-order valence-electron chi connectivity index (χ3n) is 4.06. The topological polar surface area (TPSA) is 73.8 Å². The number of carbonyl (C=O) groups is 1. The lowest BCUT2D eigenvalue weighted by molar-refractivity contribution is -0.384. The number of pyridine rings is 1. The molecule has 2 heterocycles. The van der Waals surface area contributed by atoms with Crippen LogP contribution in [0.5, 0.6) is 0 Å². The van der Waals surface area contributed by atoms with E-state index in [1.165, 1.54) is 6.07 Å². The lowest BCUT2D eigenvalue weighted by Gasteiger charge is -2.08. The number of rotatable bonds is 4. The summed E-state index contributed by atoms with van der Waals surface area (Å²) in [6.45, 7) is 5.87. The Bertz CT molecular complexity index is 988. The van der Waals surface area contributed by atoms with Crippen molar-refractivity contribution in [3.8, 4) is 11.3 Å². The van der Waals surface area contributed by atoms with Crippen LogP contribution < -0.4 is 0 Å². The van der Waals surface area contributed by atoms with Gasteiger partial charge < -0.3 is 9.14 Å². The van der Waals surface area contributed by atoms with Crippen molar-refractivity contribution in [3.05, 3.63) is 69.4 Å². The zero-order valence-corrected chi connectivity index (χ0v) is 14.3. The number of hydrogen-bond acceptors (Lipinski definition) is 4. The van der Waals surface area contributed by atoms with Crippen molar-refractivity contribution in [1.29, 1.82) is 0 Å². The van der Waals surface area contributed by atoms with Crippen LogP contribution in [0.15, 0.2) is 42.6 Å². The van der Waals surface area contributed by atoms with Gasteiger partial charge in [0.1, 0.15) is 0 Å². The highest BCUT2D eigenvalue weighted by Gasteiger charge is 2.23. The monoisotopic (exact) mass is 338 g/mol. The number of carbonyl (C=O) groups excluding carboxylic acids is 1. The predicted octanol–water partition coefficient (Wildman–Crippen LogP) is 4.31. The number of nitro groups is 1. The molecule has 0 fully saturated rings. The molecule has 25 heavy (non-hydrogen) atoms. The molecule has 0 spiro atoms. The second kappa shape index (κ2) is 6.39. The Morgan fingerprint density at radius 3 is 2.64 bits per heavy atom. The van der Waals surface area contributed by atoms with Gasteiger partial charge in [-0.15, -0.1) is 0 Å². The lowest BCUT2D eigenvalue weighted by atomic mass is 10.1. The summed E-state index contributed by atoms with van der Waals surface area (Å²) >= 11 is 0. The number of benzene rings is 1. The number of fused-ring (bicyclic) bond motifs is 1. The average Bonchev–Trinajstić information content (AvgIpc) is 2.94. The Hall–Kier alpha value is -3.15. The maximum absolute atomic E-state index is 12.4. The average molecular weight is 338 g/mol. The normalized spacial score (nSPS) is 10.8. The molecule has 1 aromatic carbocycles. The first-order chi connectivity index (χ1) is 11.9. The smallest absolute Gasteiger partial charge is 0.340 e. The number of aromatic nitrogens is 1. The van der Waals surface area contributed by atoms with Crippen LogP contribution in [-0.2, 0) is 4.74 Å². The van der Waals surface area contributed by atoms with Gasteiger partial charge in [0.25, 0.3) is 5.69 Å². The van der Waals surface area contributed by atoms with Gasteiger partial charge in [0.2, 0.25) is 0 Å². The van der Waals surface area contributed by atoms with Crippen molar-refractivity contribution < 1.29 is 14.5 Å². The quantitative estimate of drug-likeness (QED) is 0.404. The van der Waals surface area contributed by atoms with E-state index >= 15 is 0 Å². The largest absolute Gasteiger partial charge is 0.462 e. The molecule has 0 unspecified atom stereocenters. The Balaban J connectivity index is 2.37. The van der Waals surface area contributed by atoms with Crippen LogP contribution in [-0.4, -0.2) is 21.9 Å². The molecule has 0 radical (unpaired) electrons. The van der Waals surface area contributed by atoms with E-state index in [1.807, 2.05) is 30.5 Å². The zero-order valence-electron chi connectivity index (χ0n) is 14.3. The van der Waals surface area contributed by atoms with E-state index in [1.54, 1.807) is 31.2 Å². The van der Waals surface area contributed by atoms with Crippen LogP contribution >= 0.6 is 0 Å². The molecule has 2 aromatic heterocycles. The maximum Gasteiger partial charge on any atom is 0.340 e. The number of nitrogens with zero attached hydrogens (tertiary/aromatic N) is 2. The van der Waals surface area contributed by atoms with Gasteiger partial charge >= 0.3 is 5.97 Å². The van der Waals surface area contributed by atoms with Gasteiger partial charge in [-0.05, 0) is 44.0 Å². The van der Waals surface area contributed by atoms with Crippen LogP contribution in [0.2, 0.25) is 0 Å². The molecule has 0 N–H and O–H groups in total. The molecular weight excluding hydrogens is 320 g/mol. The maximum atomic E-state index is 12.4. The van der Waals surface area contributed by atoms with Gasteiger partial charge in [-0.2, -0.15) is 0 Å². The summed E-state index contributed by atoms with van der Waals surface area (Å²) < 4.78 is 6.99. The number of nitro benzene ring substituents is 1. The van der Waals surface area contributed by atoms with Gasteiger partial charge in [-0.1, -0.05) is 18.2 Å². The number of esters is 1. The summed E-state index contributed by atoms with van der Waals surface area (Å²) in [4.78, 5) is 23.4. The van der Waals surface area contributed by atoms with Gasteiger partial charge in [-0.25, -0.2) is 4.79 Å². The summed E-state index contributed by atoms with van der Waals surface area (Å²) in [5, 5.41) is 11.4. The molecular formula is C19H18N2O4. The van der Waals surface area contributed by atoms with Crippen molar-refractivity contribution in [3.63, 3.8) is 0 Å². The predicted molar refractivity (Wildman–Crippen MR) is 94.9 cm³/mol. The van der Waals surface area contributed by atoms with Gasteiger partial charge in [-0.3, -0.25) is 10.1 Å². The molecule has 3 aromatic rings. The molecule has 6 heteroatoms. The molecule has 0 atom stereocenters. The molecule has 0 saturated carbocycles. The fourth-order valence-corrected chi connectivity index (χ4v) is 3.13. The SMILES string of the molecule is CCOC(=O)c1cc(-c2ccccc2[N+](=O)[O-])n2cc(C)cc(C)c12. The van der Waals surface area contributed by atoms with Crippen molar-refractivity contribution in [2.75, 3.05) is 6.61 Å². The van der Waals surface area contributed by atoms with Gasteiger partial charge in [0, 0.05) is 12.3 Å². The second-order valence-corrected chi connectivity index (χ2v) is 5.86. The highest BCUT2D eigenvalue weighted by atomic mass is 16.6. The minimum Gasteiger partial charge on any atom is -0.462 e. The van der Waals surface area contributed by atoms with Crippen LogP contribution in [0.4, 0.5) is 5.69 Å². The molecule has 0 amide bonds. The number of hydrogen-bond donors (Lipinski definition) is 0. The first kappa shape index (κ1) is 16.7. The first-order valence-electron chi connectivity index (χ1n) is 7.97. The van der Waals surface area contributed by atoms with Crippen molar-refractivity contribution >= 4 is 17.2 Å². The molecule has 0 saturated heterocycles. The van der Waals surface area contributed by atoms with Crippen LogP contribution in [0.1, 0.15) is 28.4 Å². The Kier molecular flexibility index (Phi) is 4.27. The number of ether oxygens (including phenoxy) is 1. The highest BCUT2D eigenvalue weighted by Crippen LogP contribution is 2.34. The molecule has 6 nitrogen and oxygen atoms in total. The molecule has 0 bridgehead atoms. The van der Waals surface area contributed by atoms with E-state index in [4.69, 9.17) is 4.74 Å². The van der Waals surface area contributed by atoms with E-state index in [0.29, 0.717) is 22.3 Å². The third kappa shape index (κ3) is 2.87. The highest BCUT2D eigenvalue weighted by molar-refractivity contribution is 6.01. The summed E-state index contributed by atoms with van der Waals surface area (Å²) in [6, 6.07) is 10.2. The second-order valence-electron chi connectivity index (χ2n) is 5.86. The number of aryl methyl sites for hydroxylation is 2. The minimum absolute atomic E-state index is 0.00327. The fraction of sp³-hybridized carbons (Fsp3) is 0.211. The van der Waals surface area contributed by atoms with Crippen molar-refractivity contribution in [1.82, 2.24) is 4.40 Å². The fourth-order valence-electron chi connectivity index (χ4n) is 3.13. The third-order valence-corrected chi connectivity index (χ3v) is 4.06. The Morgan fingerprint density at radius 1 is 1.24 bits per heavy atom. The molecule has 0 aliphatic rings. The molecule has 0 aliphatic heterocycles. The van der Waals surface area contributed by atoms with Crippen molar-refractivity contribution in [2.45, 2.75) is 20.8 Å². The van der Waals surface area contributed by atoms with E-state index in [2.05, 4.69) is 0 Å². The summed E-state index contributed by atoms with van der Waals surface area (Å²) in [5.41, 5.74) is 4.07. The summed E-state index contributed by atoms with van der Waals surface area (Å²) in [7, 11) is 0. The molecule has 3 rings (SSSR count). The molecule has 0 aliphatic carbocycles. The Morgan fingerprint density at radius 2 is 1.96 bits per heavy atom. The van der Waals surface area contributed by atoms with E-state index in [-0.39, 0.29) is 12.3 Å². The lowest BCUT2D eigenvalue weighted by Crippen LogP contribution is -2.04.